The van der Waals surface area contributed by atoms with Crippen molar-refractivity contribution < 1.29 is 18.7 Å². The molecular weight excluding hydrogens is 390 g/mol. The van der Waals surface area contributed by atoms with Crippen LogP contribution in [0.5, 0.6) is 11.5 Å². The molecule has 1 aliphatic rings. The van der Waals surface area contributed by atoms with E-state index in [0.29, 0.717) is 13.2 Å². The Morgan fingerprint density at radius 2 is 2.10 bits per heavy atom. The summed E-state index contributed by atoms with van der Waals surface area (Å²) in [7, 11) is 0. The van der Waals surface area contributed by atoms with Gasteiger partial charge in [-0.25, -0.2) is 4.98 Å². The van der Waals surface area contributed by atoms with E-state index in [1.165, 1.54) is 11.8 Å². The smallest absolute Gasteiger partial charge is 0.231 e. The summed E-state index contributed by atoms with van der Waals surface area (Å²) in [6.45, 7) is 5.83. The number of furan rings is 1. The highest BCUT2D eigenvalue weighted by Crippen LogP contribution is 2.35. The van der Waals surface area contributed by atoms with Crippen LogP contribution in [-0.4, -0.2) is 34.4 Å². The monoisotopic (exact) mass is 413 g/mol. The predicted molar refractivity (Wildman–Crippen MR) is 110 cm³/mol. The van der Waals surface area contributed by atoms with Crippen LogP contribution in [0.3, 0.4) is 0 Å². The quantitative estimate of drug-likeness (QED) is 0.592. The molecule has 1 atom stereocenters. The SMILES string of the molecule is CCn1c(-c2ccc3c(c2)OCCO3)cnc1SCC(=O)NC(C)c1ccco1. The van der Waals surface area contributed by atoms with Crippen LogP contribution >= 0.6 is 11.8 Å². The van der Waals surface area contributed by atoms with Crippen molar-refractivity contribution in [2.75, 3.05) is 19.0 Å². The zero-order valence-electron chi connectivity index (χ0n) is 16.4. The molecule has 1 aliphatic heterocycles. The van der Waals surface area contributed by atoms with Crippen molar-refractivity contribution in [2.24, 2.45) is 0 Å². The minimum atomic E-state index is -0.169. The van der Waals surface area contributed by atoms with Crippen LogP contribution in [0, 0.1) is 0 Å². The molecule has 1 amide bonds. The number of thioether (sulfide) groups is 1. The van der Waals surface area contributed by atoms with Crippen LogP contribution in [0.4, 0.5) is 0 Å². The van der Waals surface area contributed by atoms with Crippen LogP contribution in [0.1, 0.15) is 25.6 Å². The van der Waals surface area contributed by atoms with Crippen molar-refractivity contribution in [3.8, 4) is 22.8 Å². The normalized spacial score (nSPS) is 13.9. The van der Waals surface area contributed by atoms with Gasteiger partial charge in [0.1, 0.15) is 19.0 Å². The molecular formula is C21H23N3O4S. The Balaban J connectivity index is 1.44. The van der Waals surface area contributed by atoms with E-state index < -0.39 is 0 Å². The van der Waals surface area contributed by atoms with Gasteiger partial charge in [-0.15, -0.1) is 0 Å². The second-order valence-corrected chi connectivity index (χ2v) is 7.56. The average Bonchev–Trinajstić information content (AvgIpc) is 3.41. The predicted octanol–water partition coefficient (Wildman–Crippen LogP) is 3.90. The number of carbonyl (C=O) groups is 1. The van der Waals surface area contributed by atoms with Gasteiger partial charge in [0.05, 0.1) is 29.9 Å². The van der Waals surface area contributed by atoms with Crippen molar-refractivity contribution >= 4 is 17.7 Å². The second-order valence-electron chi connectivity index (χ2n) is 6.62. The molecule has 0 fully saturated rings. The first kappa shape index (κ1) is 19.4. The maximum Gasteiger partial charge on any atom is 0.231 e. The fraction of sp³-hybridized carbons (Fsp3) is 0.333. The number of hydrogen-bond donors (Lipinski definition) is 1. The molecule has 1 aromatic carbocycles. The molecule has 3 heterocycles. The van der Waals surface area contributed by atoms with Crippen LogP contribution in [0.25, 0.3) is 11.3 Å². The molecule has 0 saturated carbocycles. The maximum absolute atomic E-state index is 12.3. The molecule has 152 valence electrons. The second kappa shape index (κ2) is 8.65. The van der Waals surface area contributed by atoms with E-state index in [9.17, 15) is 4.79 Å². The molecule has 2 aromatic heterocycles. The number of benzene rings is 1. The number of amides is 1. The molecule has 0 aliphatic carbocycles. The van der Waals surface area contributed by atoms with Crippen molar-refractivity contribution in [3.63, 3.8) is 0 Å². The van der Waals surface area contributed by atoms with E-state index in [1.807, 2.05) is 43.5 Å². The third kappa shape index (κ3) is 4.27. The summed E-state index contributed by atoms with van der Waals surface area (Å²) >= 11 is 1.42. The largest absolute Gasteiger partial charge is 0.486 e. The zero-order valence-corrected chi connectivity index (χ0v) is 17.2. The summed E-state index contributed by atoms with van der Waals surface area (Å²) in [5, 5.41) is 3.75. The zero-order chi connectivity index (χ0) is 20.2. The highest BCUT2D eigenvalue weighted by molar-refractivity contribution is 7.99. The Kier molecular flexibility index (Phi) is 5.80. The number of imidazole rings is 1. The minimum absolute atomic E-state index is 0.0644. The highest BCUT2D eigenvalue weighted by Gasteiger charge is 2.18. The highest BCUT2D eigenvalue weighted by atomic mass is 32.2. The molecule has 29 heavy (non-hydrogen) atoms. The summed E-state index contributed by atoms with van der Waals surface area (Å²) in [4.78, 5) is 16.8. The first-order valence-electron chi connectivity index (χ1n) is 9.57. The van der Waals surface area contributed by atoms with Gasteiger partial charge in [-0.3, -0.25) is 4.79 Å². The van der Waals surface area contributed by atoms with Crippen LogP contribution in [-0.2, 0) is 11.3 Å². The number of nitrogens with one attached hydrogen (secondary N) is 1. The van der Waals surface area contributed by atoms with Crippen molar-refractivity contribution in [2.45, 2.75) is 31.6 Å². The Labute approximate surface area is 173 Å². The lowest BCUT2D eigenvalue weighted by atomic mass is 10.1. The van der Waals surface area contributed by atoms with Gasteiger partial charge >= 0.3 is 0 Å². The van der Waals surface area contributed by atoms with Gasteiger partial charge < -0.3 is 23.8 Å². The molecule has 0 saturated heterocycles. The van der Waals surface area contributed by atoms with Gasteiger partial charge in [0.25, 0.3) is 0 Å². The molecule has 0 spiro atoms. The Morgan fingerprint density at radius 3 is 2.86 bits per heavy atom. The molecule has 1 unspecified atom stereocenters. The topological polar surface area (TPSA) is 78.5 Å². The van der Waals surface area contributed by atoms with Crippen molar-refractivity contribution in [1.29, 1.82) is 0 Å². The third-order valence-corrected chi connectivity index (χ3v) is 5.64. The number of aromatic nitrogens is 2. The van der Waals surface area contributed by atoms with E-state index in [2.05, 4.69) is 21.8 Å². The molecule has 1 N–H and O–H groups in total. The first-order valence-corrected chi connectivity index (χ1v) is 10.6. The van der Waals surface area contributed by atoms with E-state index in [0.717, 1.165) is 40.2 Å². The lowest BCUT2D eigenvalue weighted by Gasteiger charge is -2.19. The summed E-state index contributed by atoms with van der Waals surface area (Å²) in [6, 6.07) is 9.39. The van der Waals surface area contributed by atoms with Gasteiger partial charge in [0, 0.05) is 12.1 Å². The van der Waals surface area contributed by atoms with Crippen LogP contribution in [0.15, 0.2) is 52.4 Å². The van der Waals surface area contributed by atoms with Gasteiger partial charge in [-0.05, 0) is 44.2 Å². The summed E-state index contributed by atoms with van der Waals surface area (Å²) in [5.41, 5.74) is 1.99. The summed E-state index contributed by atoms with van der Waals surface area (Å²) in [6.07, 6.45) is 3.44. The fourth-order valence-electron chi connectivity index (χ4n) is 3.23. The maximum atomic E-state index is 12.3. The molecule has 7 nitrogen and oxygen atoms in total. The van der Waals surface area contributed by atoms with Crippen LogP contribution in [0.2, 0.25) is 0 Å². The summed E-state index contributed by atoms with van der Waals surface area (Å²) < 4.78 is 18.7. The molecule has 3 aromatic rings. The van der Waals surface area contributed by atoms with E-state index >= 15 is 0 Å². The van der Waals surface area contributed by atoms with Gasteiger partial charge in [-0.2, -0.15) is 0 Å². The van der Waals surface area contributed by atoms with Gasteiger partial charge in [-0.1, -0.05) is 11.8 Å². The molecule has 8 heteroatoms. The average molecular weight is 413 g/mol. The van der Waals surface area contributed by atoms with Gasteiger partial charge in [0.15, 0.2) is 16.7 Å². The third-order valence-electron chi connectivity index (χ3n) is 4.65. The van der Waals surface area contributed by atoms with Crippen molar-refractivity contribution in [1.82, 2.24) is 14.9 Å². The van der Waals surface area contributed by atoms with Crippen molar-refractivity contribution in [3.05, 3.63) is 48.6 Å². The number of ether oxygens (including phenoxy) is 2. The number of hydrogen-bond acceptors (Lipinski definition) is 6. The number of nitrogens with zero attached hydrogens (tertiary/aromatic N) is 2. The van der Waals surface area contributed by atoms with Gasteiger partial charge in [0.2, 0.25) is 5.91 Å². The minimum Gasteiger partial charge on any atom is -0.486 e. The Hall–Kier alpha value is -2.87. The molecule has 0 radical (unpaired) electrons. The van der Waals surface area contributed by atoms with E-state index in [1.54, 1.807) is 6.26 Å². The number of fused-ring (bicyclic) bond motifs is 1. The molecule has 0 bridgehead atoms. The Bertz CT molecular complexity index is 984. The standard InChI is InChI=1S/C21H23N3O4S/c1-3-24-16(15-6-7-18-19(11-15)28-10-9-27-18)12-22-21(24)29-13-20(25)23-14(2)17-5-4-8-26-17/h4-8,11-12,14H,3,9-10,13H2,1-2H3,(H,23,25). The lowest BCUT2D eigenvalue weighted by Crippen LogP contribution is -2.28. The number of rotatable bonds is 7. The fourth-order valence-corrected chi connectivity index (χ4v) is 4.09. The first-order chi connectivity index (χ1) is 14.2. The summed E-state index contributed by atoms with van der Waals surface area (Å²) in [5.74, 6) is 2.46. The van der Waals surface area contributed by atoms with E-state index in [-0.39, 0.29) is 17.7 Å². The number of carbonyl (C=O) groups excluding carboxylic acids is 1. The van der Waals surface area contributed by atoms with E-state index in [4.69, 9.17) is 13.9 Å². The van der Waals surface area contributed by atoms with Crippen LogP contribution < -0.4 is 14.8 Å². The Morgan fingerprint density at radius 1 is 1.28 bits per heavy atom. The lowest BCUT2D eigenvalue weighted by molar-refractivity contribution is -0.119. The molecule has 4 rings (SSSR count).